The number of methoxy groups -OCH3 is 3. The van der Waals surface area contributed by atoms with Crippen LogP contribution in [0.2, 0.25) is 0 Å². The Labute approximate surface area is 166 Å². The summed E-state index contributed by atoms with van der Waals surface area (Å²) >= 11 is 0. The average Bonchev–Trinajstić information content (AvgIpc) is 3.17. The fourth-order valence-corrected chi connectivity index (χ4v) is 4.40. The number of hydrogen-bond donors (Lipinski definition) is 1. The molecule has 9 heteroatoms. The second kappa shape index (κ2) is 7.46. The molecule has 0 unspecified atom stereocenters. The molecule has 0 fully saturated rings. The highest BCUT2D eigenvalue weighted by Gasteiger charge is 2.31. The van der Waals surface area contributed by atoms with Crippen LogP contribution in [0, 0.1) is 0 Å². The lowest BCUT2D eigenvalue weighted by Gasteiger charge is -2.23. The monoisotopic (exact) mass is 407 g/mol. The van der Waals surface area contributed by atoms with Crippen molar-refractivity contribution in [1.29, 1.82) is 0 Å². The molecule has 1 atom stereocenters. The van der Waals surface area contributed by atoms with Crippen LogP contribution < -0.4 is 19.5 Å². The second-order valence-corrected chi connectivity index (χ2v) is 8.91. The van der Waals surface area contributed by atoms with Crippen molar-refractivity contribution in [2.75, 3.05) is 26.6 Å². The van der Waals surface area contributed by atoms with E-state index in [0.717, 1.165) is 11.3 Å². The van der Waals surface area contributed by atoms with Gasteiger partial charge in [-0.05, 0) is 32.9 Å². The largest absolute Gasteiger partial charge is 0.493 e. The molecule has 0 spiro atoms. The van der Waals surface area contributed by atoms with Crippen molar-refractivity contribution in [1.82, 2.24) is 9.78 Å². The Hall–Kier alpha value is -2.55. The molecular weight excluding hydrogens is 382 g/mol. The lowest BCUT2D eigenvalue weighted by atomic mass is 10.1. The Balaban J connectivity index is 2.02. The molecular formula is C19H25N3O5S. The van der Waals surface area contributed by atoms with Crippen molar-refractivity contribution in [3.05, 3.63) is 29.0 Å². The van der Waals surface area contributed by atoms with E-state index in [0.29, 0.717) is 40.1 Å². The molecule has 0 bridgehead atoms. The highest BCUT2D eigenvalue weighted by atomic mass is 32.2. The molecule has 0 aliphatic carbocycles. The highest BCUT2D eigenvalue weighted by molar-refractivity contribution is 7.83. The summed E-state index contributed by atoms with van der Waals surface area (Å²) in [6.45, 7) is 6.00. The van der Waals surface area contributed by atoms with Crippen LogP contribution >= 0.6 is 0 Å². The third-order valence-corrected chi connectivity index (χ3v) is 5.67. The van der Waals surface area contributed by atoms with Crippen LogP contribution in [0.5, 0.6) is 17.2 Å². The minimum absolute atomic E-state index is 0.342. The van der Waals surface area contributed by atoms with E-state index in [9.17, 15) is 9.00 Å². The predicted octanol–water partition coefficient (Wildman–Crippen LogP) is 2.68. The quantitative estimate of drug-likeness (QED) is 0.819. The third-order valence-electron chi connectivity index (χ3n) is 4.46. The lowest BCUT2D eigenvalue weighted by molar-refractivity contribution is 0.102. The van der Waals surface area contributed by atoms with Gasteiger partial charge in [-0.3, -0.25) is 9.00 Å². The second-order valence-electron chi connectivity index (χ2n) is 7.45. The maximum atomic E-state index is 13.0. The van der Waals surface area contributed by atoms with Crippen LogP contribution in [-0.2, 0) is 27.8 Å². The van der Waals surface area contributed by atoms with Gasteiger partial charge in [-0.25, -0.2) is 4.68 Å². The van der Waals surface area contributed by atoms with Crippen molar-refractivity contribution < 1.29 is 23.2 Å². The Morgan fingerprint density at radius 3 is 2.21 bits per heavy atom. The third kappa shape index (κ3) is 3.58. The summed E-state index contributed by atoms with van der Waals surface area (Å²) in [6, 6.07) is 3.18. The first-order chi connectivity index (χ1) is 13.2. The molecule has 8 nitrogen and oxygen atoms in total. The number of ether oxygens (including phenoxy) is 3. The van der Waals surface area contributed by atoms with Gasteiger partial charge in [-0.2, -0.15) is 5.10 Å². The summed E-state index contributed by atoms with van der Waals surface area (Å²) in [5.41, 5.74) is 1.61. The number of fused-ring (bicyclic) bond motifs is 1. The Morgan fingerprint density at radius 2 is 1.71 bits per heavy atom. The maximum absolute atomic E-state index is 13.0. The maximum Gasteiger partial charge on any atom is 0.257 e. The minimum atomic E-state index is -0.991. The van der Waals surface area contributed by atoms with Gasteiger partial charge in [0.2, 0.25) is 5.75 Å². The van der Waals surface area contributed by atoms with Gasteiger partial charge < -0.3 is 19.5 Å². The normalized spacial score (nSPS) is 15.9. The minimum Gasteiger partial charge on any atom is -0.493 e. The molecule has 2 aromatic rings. The number of nitrogens with zero attached hydrogens (tertiary/aromatic N) is 2. The number of hydrogen-bond acceptors (Lipinski definition) is 6. The zero-order valence-corrected chi connectivity index (χ0v) is 17.7. The Bertz CT molecular complexity index is 921. The van der Waals surface area contributed by atoms with Crippen LogP contribution in [0.15, 0.2) is 12.1 Å². The molecule has 1 aromatic heterocycles. The number of carbonyl (C=O) groups excluding carboxylic acids is 1. The molecule has 2 heterocycles. The van der Waals surface area contributed by atoms with E-state index in [4.69, 9.17) is 14.2 Å². The van der Waals surface area contributed by atoms with Crippen LogP contribution in [0.4, 0.5) is 5.82 Å². The molecule has 1 aliphatic heterocycles. The molecule has 0 saturated heterocycles. The van der Waals surface area contributed by atoms with Gasteiger partial charge in [0, 0.05) is 21.9 Å². The van der Waals surface area contributed by atoms with E-state index >= 15 is 0 Å². The van der Waals surface area contributed by atoms with Crippen LogP contribution in [0.3, 0.4) is 0 Å². The lowest BCUT2D eigenvalue weighted by Crippen LogP contribution is -2.27. The summed E-state index contributed by atoms with van der Waals surface area (Å²) in [7, 11) is 3.51. The van der Waals surface area contributed by atoms with Gasteiger partial charge in [-0.15, -0.1) is 0 Å². The van der Waals surface area contributed by atoms with Crippen molar-refractivity contribution in [2.24, 2.45) is 0 Å². The summed E-state index contributed by atoms with van der Waals surface area (Å²) in [4.78, 5) is 13.0. The predicted molar refractivity (Wildman–Crippen MR) is 107 cm³/mol. The van der Waals surface area contributed by atoms with Gasteiger partial charge in [0.05, 0.1) is 44.1 Å². The van der Waals surface area contributed by atoms with Gasteiger partial charge in [0.15, 0.2) is 11.5 Å². The fourth-order valence-electron chi connectivity index (χ4n) is 3.13. The van der Waals surface area contributed by atoms with E-state index in [-0.39, 0.29) is 11.4 Å². The van der Waals surface area contributed by atoms with Gasteiger partial charge in [0.1, 0.15) is 5.82 Å². The zero-order chi connectivity index (χ0) is 20.6. The molecule has 3 rings (SSSR count). The molecule has 28 heavy (non-hydrogen) atoms. The van der Waals surface area contributed by atoms with E-state index in [1.807, 2.05) is 20.8 Å². The highest BCUT2D eigenvalue weighted by Crippen LogP contribution is 2.39. The van der Waals surface area contributed by atoms with Crippen molar-refractivity contribution in [3.8, 4) is 17.2 Å². The van der Waals surface area contributed by atoms with Crippen molar-refractivity contribution in [2.45, 2.75) is 37.8 Å². The average molecular weight is 407 g/mol. The molecule has 1 N–H and O–H groups in total. The number of anilines is 1. The van der Waals surface area contributed by atoms with E-state index in [1.54, 1.807) is 16.8 Å². The summed E-state index contributed by atoms with van der Waals surface area (Å²) in [6.07, 6.45) is 0. The number of aromatic nitrogens is 2. The van der Waals surface area contributed by atoms with Gasteiger partial charge in [0.25, 0.3) is 5.91 Å². The van der Waals surface area contributed by atoms with Crippen molar-refractivity contribution >= 4 is 22.5 Å². The smallest absolute Gasteiger partial charge is 0.257 e. The first kappa shape index (κ1) is 20.2. The molecule has 1 amide bonds. The molecule has 1 aromatic carbocycles. The van der Waals surface area contributed by atoms with Gasteiger partial charge >= 0.3 is 0 Å². The first-order valence-corrected chi connectivity index (χ1v) is 10.3. The van der Waals surface area contributed by atoms with Gasteiger partial charge in [-0.1, -0.05) is 0 Å². The van der Waals surface area contributed by atoms with E-state index in [2.05, 4.69) is 10.4 Å². The van der Waals surface area contributed by atoms with E-state index < -0.39 is 10.8 Å². The number of rotatable bonds is 5. The summed E-state index contributed by atoms with van der Waals surface area (Å²) < 4.78 is 29.7. The molecule has 1 aliphatic rings. The van der Waals surface area contributed by atoms with Crippen LogP contribution in [0.25, 0.3) is 0 Å². The number of benzene rings is 1. The number of carbonyl (C=O) groups is 1. The molecule has 152 valence electrons. The summed E-state index contributed by atoms with van der Waals surface area (Å²) in [5, 5.41) is 7.54. The fraction of sp³-hybridized carbons (Fsp3) is 0.474. The topological polar surface area (TPSA) is 91.7 Å². The number of nitrogens with one attached hydrogen (secondary N) is 1. The van der Waals surface area contributed by atoms with Crippen molar-refractivity contribution in [3.63, 3.8) is 0 Å². The van der Waals surface area contributed by atoms with Crippen LogP contribution in [0.1, 0.15) is 42.4 Å². The standard InChI is InChI=1S/C19H25N3O5S/c1-19(2,3)22-17(12-9-28(24)10-13(12)21-22)20-18(23)11-7-14(25-4)16(27-6)15(8-11)26-5/h7-8H,9-10H2,1-6H3,(H,20,23)/t28-/m1/s1. The number of amides is 1. The molecule has 0 radical (unpaired) electrons. The SMILES string of the molecule is COc1cc(C(=O)Nc2c3c(nn2C(C)(C)C)C[S@](=O)C3)cc(OC)c1OC. The van der Waals surface area contributed by atoms with Crippen LogP contribution in [-0.4, -0.2) is 41.2 Å². The molecule has 0 saturated carbocycles. The summed E-state index contributed by atoms with van der Waals surface area (Å²) in [5.74, 6) is 2.22. The Kier molecular flexibility index (Phi) is 5.38. The first-order valence-electron chi connectivity index (χ1n) is 8.77. The zero-order valence-electron chi connectivity index (χ0n) is 16.9. The Morgan fingerprint density at radius 1 is 1.11 bits per heavy atom. The van der Waals surface area contributed by atoms with E-state index in [1.165, 1.54) is 21.3 Å².